The third-order valence-corrected chi connectivity index (χ3v) is 4.13. The number of esters is 1. The van der Waals surface area contributed by atoms with E-state index in [-0.39, 0.29) is 17.8 Å². The van der Waals surface area contributed by atoms with E-state index in [4.69, 9.17) is 4.74 Å². The zero-order valence-corrected chi connectivity index (χ0v) is 15.1. The number of carbonyl (C=O) groups excluding carboxylic acids is 2. The number of nitrogens with one attached hydrogen (secondary N) is 1. The maximum Gasteiger partial charge on any atom is 0.305 e. The molecule has 0 aliphatic rings. The molecule has 1 N–H and O–H groups in total. The van der Waals surface area contributed by atoms with Crippen LogP contribution in [0, 0.1) is 5.92 Å². The van der Waals surface area contributed by atoms with Gasteiger partial charge in [0.1, 0.15) is 0 Å². The van der Waals surface area contributed by atoms with Crippen LogP contribution >= 0.6 is 0 Å². The molecule has 2 aromatic rings. The molecule has 1 atom stereocenters. The molecule has 0 aliphatic heterocycles. The Morgan fingerprint density at radius 1 is 1.04 bits per heavy atom. The number of carbonyl (C=O) groups is 2. The van der Waals surface area contributed by atoms with Gasteiger partial charge in [0.15, 0.2) is 0 Å². The van der Waals surface area contributed by atoms with Gasteiger partial charge in [0.05, 0.1) is 7.11 Å². The predicted molar refractivity (Wildman–Crippen MR) is 104 cm³/mol. The molecule has 0 saturated heterocycles. The molecule has 0 aromatic heterocycles. The van der Waals surface area contributed by atoms with E-state index in [0.29, 0.717) is 6.42 Å². The van der Waals surface area contributed by atoms with Crippen molar-refractivity contribution in [2.24, 2.45) is 5.92 Å². The fraction of sp³-hybridized carbons (Fsp3) is 0.273. The fourth-order valence-corrected chi connectivity index (χ4v) is 2.75. The Kier molecular flexibility index (Phi) is 8.13. The molecule has 2 aromatic carbocycles. The van der Waals surface area contributed by atoms with E-state index < -0.39 is 0 Å². The Labute approximate surface area is 154 Å². The highest BCUT2D eigenvalue weighted by Gasteiger charge is 2.11. The second-order valence-corrected chi connectivity index (χ2v) is 6.16. The highest BCUT2D eigenvalue weighted by molar-refractivity contribution is 5.99. The largest absolute Gasteiger partial charge is 0.469 e. The number of rotatable bonds is 9. The van der Waals surface area contributed by atoms with Gasteiger partial charge in [-0.25, -0.2) is 0 Å². The van der Waals surface area contributed by atoms with E-state index >= 15 is 0 Å². The minimum absolute atomic E-state index is 0.150. The minimum atomic E-state index is -0.200. The highest BCUT2D eigenvalue weighted by atomic mass is 16.5. The van der Waals surface area contributed by atoms with Gasteiger partial charge in [0, 0.05) is 12.1 Å². The molecule has 1 amide bonds. The predicted octanol–water partition coefficient (Wildman–Crippen LogP) is 4.38. The summed E-state index contributed by atoms with van der Waals surface area (Å²) in [6, 6.07) is 19.5. The van der Waals surface area contributed by atoms with Crippen LogP contribution < -0.4 is 5.32 Å². The SMILES string of the molecule is COC(=O)CC[C@@H](C/C=C/C(=O)Nc1ccccc1)Cc1ccccc1. The molecule has 2 rings (SSSR count). The summed E-state index contributed by atoms with van der Waals surface area (Å²) in [5, 5.41) is 2.82. The lowest BCUT2D eigenvalue weighted by Crippen LogP contribution is -2.10. The second-order valence-electron chi connectivity index (χ2n) is 6.16. The van der Waals surface area contributed by atoms with E-state index in [9.17, 15) is 9.59 Å². The van der Waals surface area contributed by atoms with Crippen LogP contribution in [0.1, 0.15) is 24.8 Å². The van der Waals surface area contributed by atoms with Crippen LogP contribution in [-0.2, 0) is 20.7 Å². The zero-order chi connectivity index (χ0) is 18.6. The molecule has 0 unspecified atom stereocenters. The highest BCUT2D eigenvalue weighted by Crippen LogP contribution is 2.19. The number of amides is 1. The van der Waals surface area contributed by atoms with Gasteiger partial charge >= 0.3 is 5.97 Å². The third kappa shape index (κ3) is 7.34. The van der Waals surface area contributed by atoms with E-state index in [1.165, 1.54) is 12.7 Å². The van der Waals surface area contributed by atoms with E-state index in [1.807, 2.05) is 54.6 Å². The summed E-state index contributed by atoms with van der Waals surface area (Å²) in [5.74, 6) is -0.0752. The number of benzene rings is 2. The number of hydrogen-bond donors (Lipinski definition) is 1. The monoisotopic (exact) mass is 351 g/mol. The quantitative estimate of drug-likeness (QED) is 0.539. The maximum atomic E-state index is 12.0. The van der Waals surface area contributed by atoms with Crippen LogP contribution in [0.25, 0.3) is 0 Å². The third-order valence-electron chi connectivity index (χ3n) is 4.13. The summed E-state index contributed by atoms with van der Waals surface area (Å²) in [6.45, 7) is 0. The van der Waals surface area contributed by atoms with E-state index in [2.05, 4.69) is 17.4 Å². The van der Waals surface area contributed by atoms with Crippen molar-refractivity contribution >= 4 is 17.6 Å². The molecule has 26 heavy (non-hydrogen) atoms. The summed E-state index contributed by atoms with van der Waals surface area (Å²) in [7, 11) is 1.41. The molecular formula is C22H25NO3. The summed E-state index contributed by atoms with van der Waals surface area (Å²) in [5.41, 5.74) is 2.00. The molecular weight excluding hydrogens is 326 g/mol. The molecule has 0 fully saturated rings. The van der Waals surface area contributed by atoms with Crippen molar-refractivity contribution in [1.82, 2.24) is 0 Å². The van der Waals surface area contributed by atoms with Gasteiger partial charge in [-0.05, 0) is 49.0 Å². The fourth-order valence-electron chi connectivity index (χ4n) is 2.75. The molecule has 0 aliphatic carbocycles. The van der Waals surface area contributed by atoms with Crippen LogP contribution in [0.3, 0.4) is 0 Å². The second kappa shape index (κ2) is 10.9. The molecule has 0 radical (unpaired) electrons. The Balaban J connectivity index is 1.89. The van der Waals surface area contributed by atoms with Crippen LogP contribution in [0.2, 0.25) is 0 Å². The number of allylic oxidation sites excluding steroid dienone is 1. The Morgan fingerprint density at radius 2 is 1.69 bits per heavy atom. The van der Waals surface area contributed by atoms with Gasteiger partial charge in [-0.3, -0.25) is 9.59 Å². The molecule has 4 nitrogen and oxygen atoms in total. The first kappa shape index (κ1) is 19.4. The van der Waals surface area contributed by atoms with Crippen molar-refractivity contribution in [2.45, 2.75) is 25.7 Å². The first-order valence-corrected chi connectivity index (χ1v) is 8.80. The summed E-state index contributed by atoms with van der Waals surface area (Å²) in [6.07, 6.45) is 6.15. The van der Waals surface area contributed by atoms with Crippen LogP contribution in [0.15, 0.2) is 72.8 Å². The lowest BCUT2D eigenvalue weighted by Gasteiger charge is -2.14. The average Bonchev–Trinajstić information content (AvgIpc) is 2.67. The number of para-hydroxylation sites is 1. The first-order valence-electron chi connectivity index (χ1n) is 8.80. The Hall–Kier alpha value is -2.88. The molecule has 0 bridgehead atoms. The van der Waals surface area contributed by atoms with Crippen LogP contribution in [-0.4, -0.2) is 19.0 Å². The van der Waals surface area contributed by atoms with Gasteiger partial charge in [-0.15, -0.1) is 0 Å². The van der Waals surface area contributed by atoms with Crippen molar-refractivity contribution in [3.05, 3.63) is 78.4 Å². The van der Waals surface area contributed by atoms with Crippen molar-refractivity contribution in [3.8, 4) is 0 Å². The Morgan fingerprint density at radius 3 is 2.35 bits per heavy atom. The van der Waals surface area contributed by atoms with E-state index in [1.54, 1.807) is 6.08 Å². The van der Waals surface area contributed by atoms with Crippen LogP contribution in [0.4, 0.5) is 5.69 Å². The molecule has 0 saturated carbocycles. The molecule has 4 heteroatoms. The van der Waals surface area contributed by atoms with Crippen molar-refractivity contribution in [2.75, 3.05) is 12.4 Å². The lowest BCUT2D eigenvalue weighted by atomic mass is 9.91. The standard InChI is InChI=1S/C22H25NO3/c1-26-22(25)16-15-19(17-18-9-4-2-5-10-18)11-8-14-21(24)23-20-12-6-3-7-13-20/h2-10,12-14,19H,11,15-17H2,1H3,(H,23,24)/b14-8+/t19-/m1/s1. The van der Waals surface area contributed by atoms with E-state index in [0.717, 1.165) is 24.9 Å². The minimum Gasteiger partial charge on any atom is -0.469 e. The summed E-state index contributed by atoms with van der Waals surface area (Å²) < 4.78 is 4.74. The normalized spacial score (nSPS) is 11.9. The first-order chi connectivity index (χ1) is 12.7. The van der Waals surface area contributed by atoms with Crippen molar-refractivity contribution in [3.63, 3.8) is 0 Å². The van der Waals surface area contributed by atoms with Gasteiger partial charge in [0.25, 0.3) is 0 Å². The number of ether oxygens (including phenoxy) is 1. The Bertz CT molecular complexity index is 711. The number of hydrogen-bond acceptors (Lipinski definition) is 3. The van der Waals surface area contributed by atoms with Gasteiger partial charge in [0.2, 0.25) is 5.91 Å². The average molecular weight is 351 g/mol. The van der Waals surface area contributed by atoms with Gasteiger partial charge < -0.3 is 10.1 Å². The molecule has 0 spiro atoms. The maximum absolute atomic E-state index is 12.0. The summed E-state index contributed by atoms with van der Waals surface area (Å²) >= 11 is 0. The topological polar surface area (TPSA) is 55.4 Å². The summed E-state index contributed by atoms with van der Waals surface area (Å²) in [4.78, 5) is 23.4. The molecule has 136 valence electrons. The van der Waals surface area contributed by atoms with Gasteiger partial charge in [-0.2, -0.15) is 0 Å². The number of anilines is 1. The van der Waals surface area contributed by atoms with Gasteiger partial charge in [-0.1, -0.05) is 54.6 Å². The molecule has 0 heterocycles. The van der Waals surface area contributed by atoms with Crippen molar-refractivity contribution < 1.29 is 14.3 Å². The number of methoxy groups -OCH3 is 1. The van der Waals surface area contributed by atoms with Crippen LogP contribution in [0.5, 0.6) is 0 Å². The lowest BCUT2D eigenvalue weighted by molar-refractivity contribution is -0.141. The zero-order valence-electron chi connectivity index (χ0n) is 15.1. The van der Waals surface area contributed by atoms with Crippen molar-refractivity contribution in [1.29, 1.82) is 0 Å². The smallest absolute Gasteiger partial charge is 0.305 e.